The molecule has 1 heterocycles. The first-order valence-corrected chi connectivity index (χ1v) is 8.37. The lowest BCUT2D eigenvalue weighted by Crippen LogP contribution is -2.37. The fourth-order valence-electron chi connectivity index (χ4n) is 2.40. The van der Waals surface area contributed by atoms with Crippen LogP contribution in [0, 0.1) is 13.8 Å². The molecule has 0 radical (unpaired) electrons. The fourth-order valence-corrected chi connectivity index (χ4v) is 2.60. The van der Waals surface area contributed by atoms with Gasteiger partial charge in [0, 0.05) is 22.4 Å². The first kappa shape index (κ1) is 20.2. The number of nitrogens with one attached hydrogen (secondary N) is 1. The van der Waals surface area contributed by atoms with E-state index in [4.69, 9.17) is 22.1 Å². The number of halogens is 1. The van der Waals surface area contributed by atoms with Crippen LogP contribution in [-0.2, 0) is 20.9 Å². The van der Waals surface area contributed by atoms with Crippen molar-refractivity contribution in [2.45, 2.75) is 20.4 Å². The predicted molar refractivity (Wildman–Crippen MR) is 100.0 cm³/mol. The van der Waals surface area contributed by atoms with E-state index in [9.17, 15) is 14.4 Å². The minimum Gasteiger partial charge on any atom is -0.452 e. The molecule has 0 atom stereocenters. The van der Waals surface area contributed by atoms with E-state index in [2.05, 4.69) is 5.10 Å². The van der Waals surface area contributed by atoms with Gasteiger partial charge in [-0.05, 0) is 31.6 Å². The van der Waals surface area contributed by atoms with Gasteiger partial charge in [0.25, 0.3) is 5.91 Å². The maximum Gasteiger partial charge on any atom is 0.331 e. The lowest BCUT2D eigenvalue weighted by Gasteiger charge is -2.06. The molecule has 8 nitrogen and oxygen atoms in total. The SMILES string of the molecule is Cc1nn(Cc2ccccc2Cl)c(C)c1/C=C/C(=O)OCC(=O)NC(N)=O. The highest BCUT2D eigenvalue weighted by atomic mass is 35.5. The van der Waals surface area contributed by atoms with E-state index in [0.29, 0.717) is 11.6 Å². The third kappa shape index (κ3) is 5.68. The molecule has 0 bridgehead atoms. The Labute approximate surface area is 160 Å². The average Bonchev–Trinajstić information content (AvgIpc) is 2.86. The highest BCUT2D eigenvalue weighted by molar-refractivity contribution is 6.31. The summed E-state index contributed by atoms with van der Waals surface area (Å²) in [6, 6.07) is 6.48. The average molecular weight is 391 g/mol. The number of aromatic nitrogens is 2. The Hall–Kier alpha value is -3.13. The van der Waals surface area contributed by atoms with Crippen LogP contribution in [0.15, 0.2) is 30.3 Å². The molecule has 0 unspecified atom stereocenters. The Balaban J connectivity index is 2.04. The number of carbonyl (C=O) groups is 3. The van der Waals surface area contributed by atoms with Crippen molar-refractivity contribution < 1.29 is 19.1 Å². The molecular weight excluding hydrogens is 372 g/mol. The highest BCUT2D eigenvalue weighted by Crippen LogP contribution is 2.20. The van der Waals surface area contributed by atoms with Crippen LogP contribution >= 0.6 is 11.6 Å². The number of benzene rings is 1. The Kier molecular flexibility index (Phi) is 6.73. The van der Waals surface area contributed by atoms with Crippen molar-refractivity contribution in [3.8, 4) is 0 Å². The number of carbonyl (C=O) groups excluding carboxylic acids is 3. The topological polar surface area (TPSA) is 116 Å². The van der Waals surface area contributed by atoms with Gasteiger partial charge in [0.1, 0.15) is 0 Å². The van der Waals surface area contributed by atoms with Crippen LogP contribution in [0.25, 0.3) is 6.08 Å². The van der Waals surface area contributed by atoms with Crippen LogP contribution in [0.1, 0.15) is 22.5 Å². The summed E-state index contributed by atoms with van der Waals surface area (Å²) >= 11 is 6.19. The molecule has 0 aliphatic heterocycles. The van der Waals surface area contributed by atoms with Gasteiger partial charge < -0.3 is 10.5 Å². The number of nitrogens with zero attached hydrogens (tertiary/aromatic N) is 2. The van der Waals surface area contributed by atoms with E-state index in [1.54, 1.807) is 16.1 Å². The minimum absolute atomic E-state index is 0.498. The van der Waals surface area contributed by atoms with Crippen molar-refractivity contribution in [1.29, 1.82) is 0 Å². The Morgan fingerprint density at radius 3 is 2.67 bits per heavy atom. The summed E-state index contributed by atoms with van der Waals surface area (Å²) in [7, 11) is 0. The van der Waals surface area contributed by atoms with Gasteiger partial charge in [0.15, 0.2) is 6.61 Å². The van der Waals surface area contributed by atoms with Crippen LogP contribution < -0.4 is 11.1 Å². The van der Waals surface area contributed by atoms with Gasteiger partial charge in [0.05, 0.1) is 12.2 Å². The molecular formula is C18H19ClN4O4. The van der Waals surface area contributed by atoms with E-state index in [1.807, 2.05) is 38.1 Å². The van der Waals surface area contributed by atoms with Crippen LogP contribution in [0.5, 0.6) is 0 Å². The Morgan fingerprint density at radius 2 is 2.00 bits per heavy atom. The third-order valence-electron chi connectivity index (χ3n) is 3.71. The van der Waals surface area contributed by atoms with Crippen LogP contribution in [-0.4, -0.2) is 34.3 Å². The molecule has 0 saturated heterocycles. The summed E-state index contributed by atoms with van der Waals surface area (Å²) in [4.78, 5) is 33.4. The predicted octanol–water partition coefficient (Wildman–Crippen LogP) is 1.95. The standard InChI is InChI=1S/C18H19ClN4O4/c1-11-14(7-8-17(25)27-10-16(24)21-18(20)26)12(2)23(22-11)9-13-5-3-4-6-15(13)19/h3-8H,9-10H2,1-2H3,(H3,20,21,24,26)/b8-7+. The summed E-state index contributed by atoms with van der Waals surface area (Å²) in [5, 5.41) is 6.92. The Morgan fingerprint density at radius 1 is 1.30 bits per heavy atom. The number of esters is 1. The van der Waals surface area contributed by atoms with Gasteiger partial charge in [-0.3, -0.25) is 14.8 Å². The molecule has 0 spiro atoms. The summed E-state index contributed by atoms with van der Waals surface area (Å²) in [5.41, 5.74) is 8.07. The van der Waals surface area contributed by atoms with E-state index >= 15 is 0 Å². The zero-order valence-corrected chi connectivity index (χ0v) is 15.6. The number of primary amides is 1. The number of hydrogen-bond acceptors (Lipinski definition) is 5. The number of urea groups is 1. The van der Waals surface area contributed by atoms with Gasteiger partial charge in [0.2, 0.25) is 0 Å². The summed E-state index contributed by atoms with van der Waals surface area (Å²) in [6.07, 6.45) is 2.75. The normalized spacial score (nSPS) is 10.8. The van der Waals surface area contributed by atoms with Crippen molar-refractivity contribution in [3.63, 3.8) is 0 Å². The maximum atomic E-state index is 11.7. The number of aryl methyl sites for hydroxylation is 1. The van der Waals surface area contributed by atoms with Gasteiger partial charge in [-0.25, -0.2) is 9.59 Å². The van der Waals surface area contributed by atoms with E-state index in [-0.39, 0.29) is 0 Å². The quantitative estimate of drug-likeness (QED) is 0.577. The molecule has 142 valence electrons. The molecule has 0 aliphatic rings. The van der Waals surface area contributed by atoms with Crippen molar-refractivity contribution >= 4 is 35.6 Å². The van der Waals surface area contributed by atoms with Crippen LogP contribution in [0.2, 0.25) is 5.02 Å². The first-order chi connectivity index (χ1) is 12.8. The number of hydrogen-bond donors (Lipinski definition) is 2. The zero-order valence-electron chi connectivity index (χ0n) is 14.9. The van der Waals surface area contributed by atoms with Gasteiger partial charge >= 0.3 is 12.0 Å². The third-order valence-corrected chi connectivity index (χ3v) is 4.08. The minimum atomic E-state index is -1.01. The molecule has 27 heavy (non-hydrogen) atoms. The summed E-state index contributed by atoms with van der Waals surface area (Å²) in [5.74, 6) is -1.53. The van der Waals surface area contributed by atoms with Crippen molar-refractivity contribution in [3.05, 3.63) is 57.9 Å². The van der Waals surface area contributed by atoms with E-state index < -0.39 is 24.5 Å². The molecule has 3 N–H and O–H groups in total. The molecule has 9 heteroatoms. The second-order valence-corrected chi connectivity index (χ2v) is 6.09. The number of imide groups is 1. The molecule has 2 aromatic rings. The molecule has 0 saturated carbocycles. The molecule has 1 aromatic carbocycles. The smallest absolute Gasteiger partial charge is 0.331 e. The summed E-state index contributed by atoms with van der Waals surface area (Å²) < 4.78 is 6.53. The molecule has 3 amide bonds. The van der Waals surface area contributed by atoms with Crippen molar-refractivity contribution in [2.24, 2.45) is 5.73 Å². The second kappa shape index (κ2) is 9.00. The van der Waals surface area contributed by atoms with Gasteiger partial charge in [-0.1, -0.05) is 29.8 Å². The molecule has 0 aliphatic carbocycles. The number of nitrogens with two attached hydrogens (primary N) is 1. The van der Waals surface area contributed by atoms with Crippen molar-refractivity contribution in [1.82, 2.24) is 15.1 Å². The lowest BCUT2D eigenvalue weighted by atomic mass is 10.1. The monoisotopic (exact) mass is 390 g/mol. The summed E-state index contributed by atoms with van der Waals surface area (Å²) in [6.45, 7) is 3.59. The van der Waals surface area contributed by atoms with Gasteiger partial charge in [-0.2, -0.15) is 5.10 Å². The van der Waals surface area contributed by atoms with Crippen LogP contribution in [0.4, 0.5) is 4.79 Å². The maximum absolute atomic E-state index is 11.7. The Bertz CT molecular complexity index is 905. The number of amides is 3. The number of ether oxygens (including phenoxy) is 1. The van der Waals surface area contributed by atoms with Crippen LogP contribution in [0.3, 0.4) is 0 Å². The van der Waals surface area contributed by atoms with Crippen molar-refractivity contribution in [2.75, 3.05) is 6.61 Å². The molecule has 1 aromatic heterocycles. The molecule has 0 fully saturated rings. The molecule has 2 rings (SSSR count). The number of rotatable bonds is 6. The van der Waals surface area contributed by atoms with Gasteiger partial charge in [-0.15, -0.1) is 0 Å². The fraction of sp³-hybridized carbons (Fsp3) is 0.222. The largest absolute Gasteiger partial charge is 0.452 e. The second-order valence-electron chi connectivity index (χ2n) is 5.69. The van der Waals surface area contributed by atoms with E-state index in [0.717, 1.165) is 22.5 Å². The zero-order chi connectivity index (χ0) is 20.0. The highest BCUT2D eigenvalue weighted by Gasteiger charge is 2.12. The lowest BCUT2D eigenvalue weighted by molar-refractivity contribution is -0.143. The first-order valence-electron chi connectivity index (χ1n) is 7.99. The van der Waals surface area contributed by atoms with E-state index in [1.165, 1.54) is 6.08 Å².